The summed E-state index contributed by atoms with van der Waals surface area (Å²) in [6, 6.07) is 4.09. The van der Waals surface area contributed by atoms with Crippen molar-refractivity contribution in [1.82, 2.24) is 15.5 Å². The highest BCUT2D eigenvalue weighted by Gasteiger charge is 2.37. The average molecular weight is 502 g/mol. The Morgan fingerprint density at radius 2 is 1.78 bits per heavy atom. The number of carbonyl (C=O) groups is 3. The number of carbonyl (C=O) groups excluding carboxylic acids is 3. The molecule has 2 N–H and O–H groups in total. The molecule has 0 aliphatic carbocycles. The quantitative estimate of drug-likeness (QED) is 0.272. The summed E-state index contributed by atoms with van der Waals surface area (Å²) in [5, 5.41) is 5.79. The van der Waals surface area contributed by atoms with Crippen LogP contribution in [0.5, 0.6) is 0 Å². The van der Waals surface area contributed by atoms with Crippen LogP contribution in [0.2, 0.25) is 0 Å². The van der Waals surface area contributed by atoms with Crippen LogP contribution in [-0.2, 0) is 14.3 Å². The van der Waals surface area contributed by atoms with Crippen LogP contribution in [0.3, 0.4) is 0 Å². The van der Waals surface area contributed by atoms with Gasteiger partial charge in [0.15, 0.2) is 0 Å². The zero-order valence-corrected chi connectivity index (χ0v) is 23.6. The molecule has 0 fully saturated rings. The van der Waals surface area contributed by atoms with E-state index in [1.165, 1.54) is 4.90 Å². The molecule has 0 spiro atoms. The van der Waals surface area contributed by atoms with Crippen molar-refractivity contribution >= 4 is 17.9 Å². The molecule has 0 aromatic heterocycles. The molecular formula is C29H47N3O4. The molecule has 1 aromatic carbocycles. The molecule has 1 aromatic rings. The highest BCUT2D eigenvalue weighted by atomic mass is 16.6. The molecule has 0 saturated carbocycles. The summed E-state index contributed by atoms with van der Waals surface area (Å²) in [6.45, 7) is 19.8. The number of ether oxygens (including phenoxy) is 1. The van der Waals surface area contributed by atoms with Gasteiger partial charge in [-0.3, -0.25) is 9.59 Å². The van der Waals surface area contributed by atoms with Crippen molar-refractivity contribution in [3.05, 3.63) is 47.5 Å². The average Bonchev–Trinajstić information content (AvgIpc) is 2.80. The number of hydrogen-bond acceptors (Lipinski definition) is 4. The molecule has 7 nitrogen and oxygen atoms in total. The molecule has 36 heavy (non-hydrogen) atoms. The first-order valence-electron chi connectivity index (χ1n) is 13.1. The SMILES string of the molecule is C=CCN(C(=O)C(NC(=O)OC(C)(C)C)C(C)CC)C(C(=O)NCCCCC)c1ccc(C)c(C)c1. The lowest BCUT2D eigenvalue weighted by Crippen LogP contribution is -2.55. The number of aryl methyl sites for hydroxylation is 2. The van der Waals surface area contributed by atoms with Crippen molar-refractivity contribution in [2.45, 2.75) is 98.8 Å². The topological polar surface area (TPSA) is 87.7 Å². The number of unbranched alkanes of at least 4 members (excludes halogenated alkanes) is 2. The van der Waals surface area contributed by atoms with E-state index in [1.807, 2.05) is 45.9 Å². The van der Waals surface area contributed by atoms with Crippen LogP contribution in [0.1, 0.15) is 90.0 Å². The van der Waals surface area contributed by atoms with Crippen molar-refractivity contribution in [3.63, 3.8) is 0 Å². The fourth-order valence-corrected chi connectivity index (χ4v) is 3.85. The van der Waals surface area contributed by atoms with Gasteiger partial charge < -0.3 is 20.3 Å². The predicted molar refractivity (Wildman–Crippen MR) is 146 cm³/mol. The van der Waals surface area contributed by atoms with Gasteiger partial charge in [0.2, 0.25) is 11.8 Å². The highest BCUT2D eigenvalue weighted by molar-refractivity contribution is 5.92. The lowest BCUT2D eigenvalue weighted by molar-refractivity contribution is -0.142. The lowest BCUT2D eigenvalue weighted by Gasteiger charge is -2.35. The monoisotopic (exact) mass is 501 g/mol. The number of alkyl carbamates (subject to hydrolysis) is 1. The molecule has 7 heteroatoms. The van der Waals surface area contributed by atoms with E-state index in [2.05, 4.69) is 24.1 Å². The Kier molecular flexibility index (Phi) is 12.7. The Labute approximate surface area is 218 Å². The summed E-state index contributed by atoms with van der Waals surface area (Å²) in [5.74, 6) is -0.767. The second-order valence-electron chi connectivity index (χ2n) is 10.5. The second-order valence-corrected chi connectivity index (χ2v) is 10.5. The van der Waals surface area contributed by atoms with E-state index in [0.29, 0.717) is 13.0 Å². The van der Waals surface area contributed by atoms with Crippen LogP contribution in [0, 0.1) is 19.8 Å². The van der Waals surface area contributed by atoms with Crippen LogP contribution in [0.4, 0.5) is 4.79 Å². The third-order valence-corrected chi connectivity index (χ3v) is 6.25. The maximum absolute atomic E-state index is 14.0. The van der Waals surface area contributed by atoms with E-state index < -0.39 is 23.8 Å². The third-order valence-electron chi connectivity index (χ3n) is 6.25. The summed E-state index contributed by atoms with van der Waals surface area (Å²) in [7, 11) is 0. The van der Waals surface area contributed by atoms with Crippen molar-refractivity contribution in [3.8, 4) is 0 Å². The van der Waals surface area contributed by atoms with Gasteiger partial charge in [0.05, 0.1) is 0 Å². The zero-order chi connectivity index (χ0) is 27.5. The number of amides is 3. The van der Waals surface area contributed by atoms with Crippen LogP contribution in [0.25, 0.3) is 0 Å². The van der Waals surface area contributed by atoms with Gasteiger partial charge in [-0.2, -0.15) is 0 Å². The molecule has 0 radical (unpaired) electrons. The second kappa shape index (κ2) is 14.7. The van der Waals surface area contributed by atoms with Crippen LogP contribution < -0.4 is 10.6 Å². The number of hydrogen-bond donors (Lipinski definition) is 2. The van der Waals surface area contributed by atoms with Crippen molar-refractivity contribution in [2.24, 2.45) is 5.92 Å². The van der Waals surface area contributed by atoms with Crippen LogP contribution in [-0.4, -0.2) is 47.5 Å². The first-order valence-corrected chi connectivity index (χ1v) is 13.1. The van der Waals surface area contributed by atoms with Crippen LogP contribution >= 0.6 is 0 Å². The third kappa shape index (κ3) is 9.67. The van der Waals surface area contributed by atoms with E-state index in [4.69, 9.17) is 4.74 Å². The summed E-state index contributed by atoms with van der Waals surface area (Å²) in [6.07, 6.45) is 4.53. The van der Waals surface area contributed by atoms with E-state index in [0.717, 1.165) is 36.0 Å². The molecule has 0 heterocycles. The number of benzene rings is 1. The van der Waals surface area contributed by atoms with E-state index in [-0.39, 0.29) is 24.3 Å². The fourth-order valence-electron chi connectivity index (χ4n) is 3.85. The van der Waals surface area contributed by atoms with Crippen molar-refractivity contribution < 1.29 is 19.1 Å². The molecule has 0 bridgehead atoms. The maximum atomic E-state index is 14.0. The standard InChI is InChI=1S/C29H47N3O4/c1-10-13-14-17-30-26(33)25(23-16-15-21(5)22(6)19-23)32(18-11-2)27(34)24(20(4)12-3)31-28(35)36-29(7,8)9/h11,15-16,19-20,24-25H,2,10,12-14,17-18H2,1,3-9H3,(H,30,33)(H,31,35). The number of nitrogens with zero attached hydrogens (tertiary/aromatic N) is 1. The highest BCUT2D eigenvalue weighted by Crippen LogP contribution is 2.26. The van der Waals surface area contributed by atoms with Crippen molar-refractivity contribution in [1.29, 1.82) is 0 Å². The lowest BCUT2D eigenvalue weighted by atomic mass is 9.94. The molecule has 3 unspecified atom stereocenters. The Morgan fingerprint density at radius 1 is 1.11 bits per heavy atom. The smallest absolute Gasteiger partial charge is 0.408 e. The Hall–Kier alpha value is -2.83. The number of rotatable bonds is 13. The van der Waals surface area contributed by atoms with E-state index >= 15 is 0 Å². The van der Waals surface area contributed by atoms with Gasteiger partial charge in [-0.1, -0.05) is 64.3 Å². The van der Waals surface area contributed by atoms with Gasteiger partial charge in [-0.25, -0.2) is 4.79 Å². The van der Waals surface area contributed by atoms with Gasteiger partial charge in [0.1, 0.15) is 17.7 Å². The first-order chi connectivity index (χ1) is 16.9. The summed E-state index contributed by atoms with van der Waals surface area (Å²) >= 11 is 0. The summed E-state index contributed by atoms with van der Waals surface area (Å²) < 4.78 is 5.43. The molecule has 1 rings (SSSR count). The summed E-state index contributed by atoms with van der Waals surface area (Å²) in [5.41, 5.74) is 2.16. The normalized spacial score (nSPS) is 13.8. The zero-order valence-electron chi connectivity index (χ0n) is 23.6. The van der Waals surface area contributed by atoms with E-state index in [1.54, 1.807) is 26.8 Å². The Bertz CT molecular complexity index is 891. The minimum absolute atomic E-state index is 0.155. The molecule has 0 aliphatic rings. The summed E-state index contributed by atoms with van der Waals surface area (Å²) in [4.78, 5) is 41.7. The van der Waals surface area contributed by atoms with Gasteiger partial charge in [0, 0.05) is 13.1 Å². The molecular weight excluding hydrogens is 454 g/mol. The van der Waals surface area contributed by atoms with Gasteiger partial charge >= 0.3 is 6.09 Å². The van der Waals surface area contributed by atoms with E-state index in [9.17, 15) is 14.4 Å². The van der Waals surface area contributed by atoms with Crippen LogP contribution in [0.15, 0.2) is 30.9 Å². The minimum Gasteiger partial charge on any atom is -0.444 e. The minimum atomic E-state index is -0.858. The molecule has 202 valence electrons. The molecule has 0 aliphatic heterocycles. The molecule has 0 saturated heterocycles. The fraction of sp³-hybridized carbons (Fsp3) is 0.621. The van der Waals surface area contributed by atoms with Crippen molar-refractivity contribution in [2.75, 3.05) is 13.1 Å². The molecule has 3 atom stereocenters. The number of nitrogens with one attached hydrogen (secondary N) is 2. The Balaban J connectivity index is 3.44. The predicted octanol–water partition coefficient (Wildman–Crippen LogP) is 5.60. The van der Waals surface area contributed by atoms with Gasteiger partial charge in [-0.15, -0.1) is 6.58 Å². The largest absolute Gasteiger partial charge is 0.444 e. The van der Waals surface area contributed by atoms with Gasteiger partial charge in [-0.05, 0) is 63.6 Å². The maximum Gasteiger partial charge on any atom is 0.408 e. The first kappa shape index (κ1) is 31.2. The molecule has 3 amide bonds. The van der Waals surface area contributed by atoms with Gasteiger partial charge in [0.25, 0.3) is 0 Å². The Morgan fingerprint density at radius 3 is 2.31 bits per heavy atom.